The number of benzene rings is 2. The molecule has 2 N–H and O–H groups in total. The number of rotatable bonds is 4. The highest BCUT2D eigenvalue weighted by Gasteiger charge is 2.13. The number of likely N-dealkylation sites (tertiary alicyclic amines) is 1. The molecule has 0 unspecified atom stereocenters. The molecule has 1 aliphatic rings. The van der Waals surface area contributed by atoms with Crippen molar-refractivity contribution in [3.63, 3.8) is 0 Å². The highest BCUT2D eigenvalue weighted by Crippen LogP contribution is 2.26. The molecule has 0 aliphatic carbocycles. The fourth-order valence-electron chi connectivity index (χ4n) is 3.88. The zero-order valence-electron chi connectivity index (χ0n) is 15.5. The summed E-state index contributed by atoms with van der Waals surface area (Å²) in [4.78, 5) is 24.0. The molecule has 2 aromatic heterocycles. The molecule has 28 heavy (non-hydrogen) atoms. The maximum absolute atomic E-state index is 13.0. The molecule has 0 bridgehead atoms. The first-order valence-corrected chi connectivity index (χ1v) is 9.55. The van der Waals surface area contributed by atoms with Crippen LogP contribution in [0.4, 0.5) is 6.01 Å². The summed E-state index contributed by atoms with van der Waals surface area (Å²) < 4.78 is 7.05. The third-order valence-electron chi connectivity index (χ3n) is 5.42. The van der Waals surface area contributed by atoms with Crippen LogP contribution in [0.5, 0.6) is 0 Å². The van der Waals surface area contributed by atoms with Gasteiger partial charge in [-0.25, -0.2) is 4.98 Å². The molecule has 0 saturated carbocycles. The van der Waals surface area contributed by atoms with Gasteiger partial charge in [-0.05, 0) is 61.3 Å². The fourth-order valence-corrected chi connectivity index (χ4v) is 3.88. The van der Waals surface area contributed by atoms with Crippen LogP contribution in [0.15, 0.2) is 51.9 Å². The topological polar surface area (TPSA) is 90.2 Å². The van der Waals surface area contributed by atoms with E-state index in [9.17, 15) is 4.79 Å². The van der Waals surface area contributed by atoms with Crippen LogP contribution in [-0.2, 0) is 6.54 Å². The third kappa shape index (κ3) is 3.03. The van der Waals surface area contributed by atoms with Crippen molar-refractivity contribution < 1.29 is 4.42 Å². The Morgan fingerprint density at radius 2 is 1.79 bits per heavy atom. The van der Waals surface area contributed by atoms with Crippen molar-refractivity contribution in [1.29, 1.82) is 0 Å². The number of hydrogen-bond donors (Lipinski definition) is 1. The zero-order chi connectivity index (χ0) is 19.1. The highest BCUT2D eigenvalue weighted by atomic mass is 16.4. The van der Waals surface area contributed by atoms with E-state index in [1.54, 1.807) is 10.9 Å². The van der Waals surface area contributed by atoms with Gasteiger partial charge in [0, 0.05) is 13.1 Å². The van der Waals surface area contributed by atoms with Gasteiger partial charge in [0.1, 0.15) is 5.52 Å². The maximum atomic E-state index is 13.0. The second kappa shape index (κ2) is 6.76. The van der Waals surface area contributed by atoms with Crippen molar-refractivity contribution in [2.24, 2.45) is 0 Å². The molecule has 7 nitrogen and oxygen atoms in total. The predicted octanol–water partition coefficient (Wildman–Crippen LogP) is 2.88. The van der Waals surface area contributed by atoms with Crippen molar-refractivity contribution >= 4 is 28.0 Å². The second-order valence-corrected chi connectivity index (χ2v) is 7.26. The lowest BCUT2D eigenvalue weighted by Gasteiger charge is -2.15. The molecule has 7 heteroatoms. The van der Waals surface area contributed by atoms with Crippen LogP contribution in [0.1, 0.15) is 12.8 Å². The van der Waals surface area contributed by atoms with Gasteiger partial charge in [-0.3, -0.25) is 9.36 Å². The van der Waals surface area contributed by atoms with E-state index in [-0.39, 0.29) is 11.6 Å². The Balaban J connectivity index is 1.51. The van der Waals surface area contributed by atoms with Gasteiger partial charge in [-0.15, -0.1) is 0 Å². The number of fused-ring (bicyclic) bond motifs is 2. The second-order valence-electron chi connectivity index (χ2n) is 7.26. The molecule has 0 amide bonds. The predicted molar refractivity (Wildman–Crippen MR) is 109 cm³/mol. The summed E-state index contributed by atoms with van der Waals surface area (Å²) in [5.41, 5.74) is 9.57. The van der Waals surface area contributed by atoms with Gasteiger partial charge in [0.2, 0.25) is 0 Å². The Bertz CT molecular complexity index is 1220. The standard InChI is InChI=1S/C21H21N5O2/c22-21-24-18-12-15(4-6-19(18)28-21)14-3-5-17-16(11-14)20(27)26(13-23-17)10-9-25-7-1-2-8-25/h3-6,11-13H,1-2,7-10H2,(H2,22,24). The molecular formula is C21H21N5O2. The molecule has 5 rings (SSSR count). The van der Waals surface area contributed by atoms with Crippen LogP contribution in [0, 0.1) is 0 Å². The van der Waals surface area contributed by atoms with Gasteiger partial charge in [0.25, 0.3) is 11.6 Å². The summed E-state index contributed by atoms with van der Waals surface area (Å²) >= 11 is 0. The number of hydrogen-bond acceptors (Lipinski definition) is 6. The van der Waals surface area contributed by atoms with Crippen LogP contribution in [-0.4, -0.2) is 39.1 Å². The van der Waals surface area contributed by atoms with E-state index in [4.69, 9.17) is 10.2 Å². The van der Waals surface area contributed by atoms with Gasteiger partial charge in [0.05, 0.1) is 17.2 Å². The van der Waals surface area contributed by atoms with Crippen molar-refractivity contribution in [3.05, 3.63) is 53.1 Å². The first-order chi connectivity index (χ1) is 13.7. The zero-order valence-corrected chi connectivity index (χ0v) is 15.5. The molecule has 3 heterocycles. The molecule has 1 aliphatic heterocycles. The quantitative estimate of drug-likeness (QED) is 0.590. The van der Waals surface area contributed by atoms with Gasteiger partial charge in [0.15, 0.2) is 5.58 Å². The lowest BCUT2D eigenvalue weighted by atomic mass is 10.0. The van der Waals surface area contributed by atoms with E-state index in [1.165, 1.54) is 12.8 Å². The molecule has 142 valence electrons. The minimum Gasteiger partial charge on any atom is -0.424 e. The molecule has 1 saturated heterocycles. The lowest BCUT2D eigenvalue weighted by molar-refractivity contribution is 0.320. The Morgan fingerprint density at radius 3 is 2.64 bits per heavy atom. The molecule has 1 fully saturated rings. The van der Waals surface area contributed by atoms with Gasteiger partial charge < -0.3 is 15.1 Å². The largest absolute Gasteiger partial charge is 0.424 e. The van der Waals surface area contributed by atoms with E-state index in [2.05, 4.69) is 14.9 Å². The Labute approximate surface area is 161 Å². The highest BCUT2D eigenvalue weighted by molar-refractivity contribution is 5.86. The van der Waals surface area contributed by atoms with Crippen LogP contribution >= 0.6 is 0 Å². The van der Waals surface area contributed by atoms with Gasteiger partial charge in [-0.1, -0.05) is 12.1 Å². The third-order valence-corrected chi connectivity index (χ3v) is 5.42. The molecule has 2 aromatic carbocycles. The monoisotopic (exact) mass is 375 g/mol. The van der Waals surface area contributed by atoms with Gasteiger partial charge >= 0.3 is 0 Å². The minimum atomic E-state index is -0.00203. The summed E-state index contributed by atoms with van der Waals surface area (Å²) in [6.07, 6.45) is 4.15. The van der Waals surface area contributed by atoms with E-state index in [1.807, 2.05) is 36.4 Å². The Hall–Kier alpha value is -3.19. The van der Waals surface area contributed by atoms with E-state index in [0.29, 0.717) is 28.5 Å². The van der Waals surface area contributed by atoms with Crippen LogP contribution in [0.2, 0.25) is 0 Å². The van der Waals surface area contributed by atoms with Crippen molar-refractivity contribution in [2.45, 2.75) is 19.4 Å². The summed E-state index contributed by atoms with van der Waals surface area (Å²) in [5.74, 6) is 0. The average Bonchev–Trinajstić information content (AvgIpc) is 3.35. The number of nitrogens with two attached hydrogens (primary N) is 1. The van der Waals surface area contributed by atoms with E-state index >= 15 is 0 Å². The smallest absolute Gasteiger partial charge is 0.292 e. The summed E-state index contributed by atoms with van der Waals surface area (Å²) in [6.45, 7) is 3.79. The number of anilines is 1. The van der Waals surface area contributed by atoms with Crippen molar-refractivity contribution in [2.75, 3.05) is 25.4 Å². The summed E-state index contributed by atoms with van der Waals surface area (Å²) in [6, 6.07) is 11.6. The molecule has 0 spiro atoms. The van der Waals surface area contributed by atoms with Crippen molar-refractivity contribution in [1.82, 2.24) is 19.4 Å². The van der Waals surface area contributed by atoms with E-state index < -0.39 is 0 Å². The molecule has 0 atom stereocenters. The van der Waals surface area contributed by atoms with Crippen LogP contribution < -0.4 is 11.3 Å². The fraction of sp³-hybridized carbons (Fsp3) is 0.286. The van der Waals surface area contributed by atoms with E-state index in [0.717, 1.165) is 30.8 Å². The maximum Gasteiger partial charge on any atom is 0.292 e. The lowest BCUT2D eigenvalue weighted by Crippen LogP contribution is -2.29. The number of nitrogen functional groups attached to an aromatic ring is 1. The van der Waals surface area contributed by atoms with Crippen LogP contribution in [0.3, 0.4) is 0 Å². The average molecular weight is 375 g/mol. The summed E-state index contributed by atoms with van der Waals surface area (Å²) in [7, 11) is 0. The van der Waals surface area contributed by atoms with Crippen LogP contribution in [0.25, 0.3) is 33.1 Å². The molecule has 4 aromatic rings. The minimum absolute atomic E-state index is 0.00203. The van der Waals surface area contributed by atoms with Gasteiger partial charge in [-0.2, -0.15) is 4.98 Å². The van der Waals surface area contributed by atoms with Crippen molar-refractivity contribution in [3.8, 4) is 11.1 Å². The Kier molecular flexibility index (Phi) is 4.09. The Morgan fingerprint density at radius 1 is 1.00 bits per heavy atom. The number of aromatic nitrogens is 3. The first kappa shape index (κ1) is 16.9. The number of oxazole rings is 1. The normalized spacial score (nSPS) is 15.0. The number of nitrogens with zero attached hydrogens (tertiary/aromatic N) is 4. The summed E-state index contributed by atoms with van der Waals surface area (Å²) in [5, 5.41) is 0.626. The molecular weight excluding hydrogens is 354 g/mol. The molecule has 0 radical (unpaired) electrons. The first-order valence-electron chi connectivity index (χ1n) is 9.55. The SMILES string of the molecule is Nc1nc2cc(-c3ccc4ncn(CCN5CCCC5)c(=O)c4c3)ccc2o1.